The maximum atomic E-state index is 12.3. The van der Waals surface area contributed by atoms with Gasteiger partial charge in [0, 0.05) is 5.56 Å². The number of halogens is 3. The first kappa shape index (κ1) is 17.8. The summed E-state index contributed by atoms with van der Waals surface area (Å²) in [4.78, 5) is 0. The van der Waals surface area contributed by atoms with E-state index in [9.17, 15) is 13.2 Å². The van der Waals surface area contributed by atoms with Gasteiger partial charge in [-0.3, -0.25) is 0 Å². The van der Waals surface area contributed by atoms with Crippen LogP contribution >= 0.6 is 0 Å². The Hall–Kier alpha value is -1.16. The third-order valence-corrected chi connectivity index (χ3v) is 2.30. The van der Waals surface area contributed by atoms with Crippen LogP contribution in [0.3, 0.4) is 0 Å². The molecule has 0 aliphatic carbocycles. The molecule has 9 heteroatoms. The van der Waals surface area contributed by atoms with E-state index in [1.54, 1.807) is 13.8 Å². The fourth-order valence-electron chi connectivity index (χ4n) is 1.12. The second-order valence-electron chi connectivity index (χ2n) is 3.75. The van der Waals surface area contributed by atoms with Crippen LogP contribution in [0, 0.1) is 13.8 Å². The lowest BCUT2D eigenvalue weighted by Crippen LogP contribution is -2.42. The number of thiol groups is 1. The van der Waals surface area contributed by atoms with Gasteiger partial charge in [-0.1, -0.05) is 18.2 Å². The predicted octanol–water partition coefficient (Wildman–Crippen LogP) is 0.475. The summed E-state index contributed by atoms with van der Waals surface area (Å²) in [5.74, 6) is -3.79. The molecule has 19 heavy (non-hydrogen) atoms. The molecule has 0 aromatic heterocycles. The molecule has 0 radical (unpaired) electrons. The average Bonchev–Trinajstić information content (AvgIpc) is 2.19. The quantitative estimate of drug-likeness (QED) is 0.447. The van der Waals surface area contributed by atoms with Gasteiger partial charge in [0.05, 0.1) is 0 Å². The first-order valence-corrected chi connectivity index (χ1v) is 6.12. The first-order valence-electron chi connectivity index (χ1n) is 4.88. The fourth-order valence-corrected chi connectivity index (χ4v) is 1.12. The fraction of sp³-hybridized carbons (Fsp3) is 0.400. The van der Waals surface area contributed by atoms with Gasteiger partial charge in [-0.15, -0.1) is 0 Å². The Labute approximate surface area is 109 Å². The highest BCUT2D eigenvalue weighted by Crippen LogP contribution is 2.36. The van der Waals surface area contributed by atoms with Gasteiger partial charge in [0.15, 0.2) is 10.9 Å². The van der Waals surface area contributed by atoms with Crippen LogP contribution < -0.4 is 5.14 Å². The molecule has 0 saturated carbocycles. The summed E-state index contributed by atoms with van der Waals surface area (Å²) < 4.78 is 54.4. The average molecular weight is 301 g/mol. The van der Waals surface area contributed by atoms with Gasteiger partial charge in [0.2, 0.25) is 0 Å². The van der Waals surface area contributed by atoms with Gasteiger partial charge in [-0.2, -0.15) is 13.2 Å². The van der Waals surface area contributed by atoms with Crippen molar-refractivity contribution in [1.82, 2.24) is 0 Å². The van der Waals surface area contributed by atoms with Gasteiger partial charge in [-0.05, 0) is 25.0 Å². The van der Waals surface area contributed by atoms with Crippen molar-refractivity contribution in [3.05, 3.63) is 34.9 Å². The van der Waals surface area contributed by atoms with E-state index in [0.29, 0.717) is 5.56 Å². The van der Waals surface area contributed by atoms with Gasteiger partial charge < -0.3 is 10.2 Å². The molecule has 5 nitrogen and oxygen atoms in total. The lowest BCUT2D eigenvalue weighted by molar-refractivity contribution is -0.358. The minimum absolute atomic E-state index is 0.571. The van der Waals surface area contributed by atoms with Crippen LogP contribution in [-0.2, 0) is 16.7 Å². The molecule has 0 bridgehead atoms. The zero-order valence-corrected chi connectivity index (χ0v) is 11.0. The van der Waals surface area contributed by atoms with Gasteiger partial charge >= 0.3 is 6.18 Å². The van der Waals surface area contributed by atoms with E-state index < -0.39 is 28.4 Å². The van der Waals surface area contributed by atoms with Crippen LogP contribution in [0.5, 0.6) is 0 Å². The van der Waals surface area contributed by atoms with E-state index in [1.165, 1.54) is 6.07 Å². The van der Waals surface area contributed by atoms with E-state index >= 15 is 0 Å². The van der Waals surface area contributed by atoms with E-state index in [1.807, 2.05) is 0 Å². The van der Waals surface area contributed by atoms with Crippen molar-refractivity contribution >= 4 is 10.9 Å². The minimum atomic E-state index is -5.10. The maximum Gasteiger partial charge on any atom is 0.447 e. The molecule has 0 aliphatic rings. The molecular formula is C10H14F3NO4S. The molecule has 0 fully saturated rings. The molecule has 0 spiro atoms. The SMILES string of the molecule is Cc1ccc(C(O)(O)C(F)(F)F)cc1C.N[SH](=O)=O. The van der Waals surface area contributed by atoms with Crippen molar-refractivity contribution in [3.8, 4) is 0 Å². The van der Waals surface area contributed by atoms with E-state index in [-0.39, 0.29) is 0 Å². The number of aryl methyl sites for hydroxylation is 2. The largest absolute Gasteiger partial charge is 0.447 e. The zero-order valence-electron chi connectivity index (χ0n) is 10.1. The third-order valence-electron chi connectivity index (χ3n) is 2.30. The van der Waals surface area contributed by atoms with Gasteiger partial charge in [0.25, 0.3) is 5.79 Å². The summed E-state index contributed by atoms with van der Waals surface area (Å²) in [7, 11) is -2.62. The molecule has 1 aromatic rings. The standard InChI is InChI=1S/C10H11F3O2.H3NO2S/c1-6-3-4-8(5-7(6)2)9(14,15)10(11,12)13;1-4(2)3/h3-5,14-15H,1-2H3;4H,(H2,1,2,3). The Morgan fingerprint density at radius 2 is 1.53 bits per heavy atom. The Morgan fingerprint density at radius 1 is 1.11 bits per heavy atom. The third kappa shape index (κ3) is 5.15. The molecule has 0 amide bonds. The number of benzene rings is 1. The summed E-state index contributed by atoms with van der Waals surface area (Å²) >= 11 is 0. The van der Waals surface area contributed by atoms with Crippen LogP contribution in [0.1, 0.15) is 16.7 Å². The number of alkyl halides is 3. The summed E-state index contributed by atoms with van der Waals surface area (Å²) in [6.45, 7) is 3.33. The molecule has 0 saturated heterocycles. The highest BCUT2D eigenvalue weighted by molar-refractivity contribution is 7.69. The highest BCUT2D eigenvalue weighted by atomic mass is 32.2. The molecule has 4 N–H and O–H groups in total. The molecule has 0 atom stereocenters. The van der Waals surface area contributed by atoms with Crippen LogP contribution in [0.2, 0.25) is 0 Å². The predicted molar refractivity (Wildman–Crippen MR) is 62.6 cm³/mol. The molecule has 1 aromatic carbocycles. The zero-order chi connectivity index (χ0) is 15.4. The summed E-state index contributed by atoms with van der Waals surface area (Å²) in [6.07, 6.45) is -5.10. The van der Waals surface area contributed by atoms with Crippen molar-refractivity contribution in [1.29, 1.82) is 0 Å². The topological polar surface area (TPSA) is 101 Å². The summed E-state index contributed by atoms with van der Waals surface area (Å²) in [5.41, 5.74) is 0.791. The summed E-state index contributed by atoms with van der Waals surface area (Å²) in [6, 6.07) is 3.58. The van der Waals surface area contributed by atoms with Crippen LogP contribution in [0.15, 0.2) is 18.2 Å². The number of hydrogen-bond donors (Lipinski definition) is 4. The second kappa shape index (κ2) is 6.33. The van der Waals surface area contributed by atoms with E-state index in [4.69, 9.17) is 18.6 Å². The Kier molecular flexibility index (Phi) is 5.94. The summed E-state index contributed by atoms with van der Waals surface area (Å²) in [5, 5.41) is 22.0. The second-order valence-corrected chi connectivity index (χ2v) is 4.33. The van der Waals surface area contributed by atoms with Crippen LogP contribution in [0.4, 0.5) is 13.2 Å². The maximum absolute atomic E-state index is 12.3. The molecule has 0 unspecified atom stereocenters. The van der Waals surface area contributed by atoms with Crippen LogP contribution in [-0.4, -0.2) is 24.8 Å². The van der Waals surface area contributed by atoms with E-state index in [2.05, 4.69) is 5.14 Å². The van der Waals surface area contributed by atoms with Gasteiger partial charge in [-0.25, -0.2) is 13.6 Å². The lowest BCUT2D eigenvalue weighted by atomic mass is 10.00. The normalized spacial score (nSPS) is 12.1. The van der Waals surface area contributed by atoms with Gasteiger partial charge in [0.1, 0.15) is 0 Å². The smallest absolute Gasteiger partial charge is 0.355 e. The monoisotopic (exact) mass is 301 g/mol. The minimum Gasteiger partial charge on any atom is -0.355 e. The van der Waals surface area contributed by atoms with E-state index in [0.717, 1.165) is 17.7 Å². The molecule has 0 heterocycles. The lowest BCUT2D eigenvalue weighted by Gasteiger charge is -2.25. The van der Waals surface area contributed by atoms with Crippen LogP contribution in [0.25, 0.3) is 0 Å². The molecule has 1 rings (SSSR count). The number of hydrogen-bond acceptors (Lipinski definition) is 4. The Bertz CT molecular complexity index is 504. The number of aliphatic hydroxyl groups is 2. The number of nitrogens with two attached hydrogens (primary N) is 1. The van der Waals surface area contributed by atoms with Crippen molar-refractivity contribution < 1.29 is 31.8 Å². The number of rotatable bonds is 1. The highest BCUT2D eigenvalue weighted by Gasteiger charge is 2.54. The van der Waals surface area contributed by atoms with Crippen molar-refractivity contribution in [3.63, 3.8) is 0 Å². The molecule has 0 aliphatic heterocycles. The van der Waals surface area contributed by atoms with Crippen molar-refractivity contribution in [2.45, 2.75) is 25.8 Å². The first-order chi connectivity index (χ1) is 8.39. The van der Waals surface area contributed by atoms with Crippen molar-refractivity contribution in [2.24, 2.45) is 5.14 Å². The Balaban J connectivity index is 0.000000711. The molecule has 110 valence electrons. The Morgan fingerprint density at radius 3 is 1.84 bits per heavy atom. The molecular weight excluding hydrogens is 287 g/mol. The van der Waals surface area contributed by atoms with Crippen molar-refractivity contribution in [2.75, 3.05) is 0 Å².